The third-order valence-electron chi connectivity index (χ3n) is 8.32. The van der Waals surface area contributed by atoms with Crippen molar-refractivity contribution in [3.63, 3.8) is 0 Å². The van der Waals surface area contributed by atoms with E-state index in [0.717, 1.165) is 37.0 Å². The molecule has 5 nitrogen and oxygen atoms in total. The molecule has 2 aliphatic heterocycles. The van der Waals surface area contributed by atoms with Gasteiger partial charge in [0.05, 0.1) is 17.8 Å². The molecule has 6 fully saturated rings. The maximum absolute atomic E-state index is 13.5. The average molecular weight is 382 g/mol. The van der Waals surface area contributed by atoms with Crippen LogP contribution in [0.25, 0.3) is 0 Å². The zero-order chi connectivity index (χ0) is 18.2. The van der Waals surface area contributed by atoms with Crippen LogP contribution < -0.4 is 0 Å². The van der Waals surface area contributed by atoms with Crippen molar-refractivity contribution in [1.82, 2.24) is 4.90 Å². The minimum absolute atomic E-state index is 0.0489. The van der Waals surface area contributed by atoms with E-state index in [9.17, 15) is 13.2 Å². The molecule has 6 aliphatic rings. The van der Waals surface area contributed by atoms with Crippen molar-refractivity contribution in [3.05, 3.63) is 0 Å². The molecular weight excluding hydrogens is 350 g/mol. The highest BCUT2D eigenvalue weighted by atomic mass is 32.2. The second-order valence-electron chi connectivity index (χ2n) is 9.89. The molecule has 4 aliphatic carbocycles. The van der Waals surface area contributed by atoms with Gasteiger partial charge in [0.15, 0.2) is 9.84 Å². The summed E-state index contributed by atoms with van der Waals surface area (Å²) in [5.41, 5.74) is -0.159. The Morgan fingerprint density at radius 3 is 2.19 bits per heavy atom. The lowest BCUT2D eigenvalue weighted by atomic mass is 9.49. The van der Waals surface area contributed by atoms with Gasteiger partial charge in [0, 0.05) is 25.6 Å². The fraction of sp³-hybridized carbons (Fsp3) is 0.950. The molecule has 0 radical (unpaired) electrons. The molecule has 0 aromatic heterocycles. The molecule has 0 aromatic carbocycles. The van der Waals surface area contributed by atoms with Crippen LogP contribution in [-0.4, -0.2) is 56.0 Å². The summed E-state index contributed by atoms with van der Waals surface area (Å²) < 4.78 is 30.4. The number of sulfone groups is 1. The smallest absolute Gasteiger partial charge is 0.228 e. The molecule has 1 atom stereocenters. The first kappa shape index (κ1) is 17.5. The first-order valence-corrected chi connectivity index (χ1v) is 12.1. The van der Waals surface area contributed by atoms with Crippen molar-refractivity contribution >= 4 is 15.7 Å². The second kappa shape index (κ2) is 5.69. The summed E-state index contributed by atoms with van der Waals surface area (Å²) in [5, 5.41) is 0. The number of carbonyl (C=O) groups is 1. The molecule has 26 heavy (non-hydrogen) atoms. The number of nitrogens with zero attached hydrogens (tertiary/aromatic N) is 1. The Hall–Kier alpha value is -0.620. The van der Waals surface area contributed by atoms with E-state index in [2.05, 4.69) is 0 Å². The summed E-state index contributed by atoms with van der Waals surface area (Å²) in [7, 11) is -3.13. The van der Waals surface area contributed by atoms with E-state index >= 15 is 0 Å². The van der Waals surface area contributed by atoms with Crippen LogP contribution in [0, 0.1) is 29.1 Å². The quantitative estimate of drug-likeness (QED) is 0.749. The van der Waals surface area contributed by atoms with Gasteiger partial charge in [0.1, 0.15) is 4.75 Å². The highest BCUT2D eigenvalue weighted by Gasteiger charge is 2.65. The molecule has 1 amide bonds. The zero-order valence-corrected chi connectivity index (χ0v) is 16.6. The zero-order valence-electron chi connectivity index (χ0n) is 15.8. The topological polar surface area (TPSA) is 63.7 Å². The molecule has 0 unspecified atom stereocenters. The van der Waals surface area contributed by atoms with Gasteiger partial charge in [0.2, 0.25) is 5.91 Å². The molecule has 1 spiro atoms. The standard InChI is InChI=1S/C20H31NO4S/c1-2-25-11-17-3-4-26(23,24)20(17)12-21(13-20)18(22)19-8-14-5-15(9-19)7-16(6-14)10-19/h14-17H,2-13H2,1H3/t14?,15?,16?,17-,19?/m0/s1. The van der Waals surface area contributed by atoms with Gasteiger partial charge in [-0.05, 0) is 69.6 Å². The second-order valence-corrected chi connectivity index (χ2v) is 12.3. The van der Waals surface area contributed by atoms with Crippen LogP contribution in [0.15, 0.2) is 0 Å². The Kier molecular flexibility index (Phi) is 3.83. The fourth-order valence-electron chi connectivity index (χ4n) is 7.42. The lowest BCUT2D eigenvalue weighted by Gasteiger charge is -2.59. The number of hydrogen-bond donors (Lipinski definition) is 0. The fourth-order valence-corrected chi connectivity index (χ4v) is 9.82. The summed E-state index contributed by atoms with van der Waals surface area (Å²) >= 11 is 0. The lowest BCUT2D eigenvalue weighted by Crippen LogP contribution is -2.71. The lowest BCUT2D eigenvalue weighted by molar-refractivity contribution is -0.164. The van der Waals surface area contributed by atoms with E-state index in [-0.39, 0.29) is 23.0 Å². The number of likely N-dealkylation sites (tertiary alicyclic amines) is 1. The van der Waals surface area contributed by atoms with Crippen LogP contribution in [0.3, 0.4) is 0 Å². The monoisotopic (exact) mass is 381 g/mol. The van der Waals surface area contributed by atoms with Gasteiger partial charge in [-0.25, -0.2) is 8.42 Å². The van der Waals surface area contributed by atoms with Crippen molar-refractivity contribution < 1.29 is 17.9 Å². The predicted molar refractivity (Wildman–Crippen MR) is 98.3 cm³/mol. The van der Waals surface area contributed by atoms with E-state index in [1.54, 1.807) is 0 Å². The maximum Gasteiger partial charge on any atom is 0.228 e. The number of rotatable bonds is 4. The van der Waals surface area contributed by atoms with Gasteiger partial charge in [-0.15, -0.1) is 0 Å². The van der Waals surface area contributed by atoms with Crippen LogP contribution in [0.4, 0.5) is 0 Å². The Morgan fingerprint density at radius 1 is 1.08 bits per heavy atom. The summed E-state index contributed by atoms with van der Waals surface area (Å²) in [4.78, 5) is 15.3. The molecule has 2 saturated heterocycles. The number of amides is 1. The molecule has 146 valence electrons. The third-order valence-corrected chi connectivity index (χ3v) is 10.9. The number of carbonyl (C=O) groups excluding carboxylic acids is 1. The summed E-state index contributed by atoms with van der Waals surface area (Å²) in [6.07, 6.45) is 7.80. The predicted octanol–water partition coefficient (Wildman–Crippen LogP) is 2.25. The average Bonchev–Trinajstić information content (AvgIpc) is 2.80. The normalized spacial score (nSPS) is 44.4. The summed E-state index contributed by atoms with van der Waals surface area (Å²) in [6.45, 7) is 3.89. The van der Waals surface area contributed by atoms with Crippen LogP contribution in [-0.2, 0) is 19.4 Å². The summed E-state index contributed by atoms with van der Waals surface area (Å²) in [6, 6.07) is 0. The minimum atomic E-state index is -3.13. The van der Waals surface area contributed by atoms with Gasteiger partial charge in [-0.3, -0.25) is 4.79 Å². The van der Waals surface area contributed by atoms with E-state index in [0.29, 0.717) is 32.7 Å². The number of hydrogen-bond acceptors (Lipinski definition) is 4. The molecule has 4 saturated carbocycles. The van der Waals surface area contributed by atoms with E-state index in [1.165, 1.54) is 19.3 Å². The van der Waals surface area contributed by atoms with Gasteiger partial charge >= 0.3 is 0 Å². The van der Waals surface area contributed by atoms with Crippen molar-refractivity contribution in [3.8, 4) is 0 Å². The molecule has 2 heterocycles. The molecule has 4 bridgehead atoms. The Labute approximate surface area is 156 Å². The van der Waals surface area contributed by atoms with E-state index in [4.69, 9.17) is 4.74 Å². The summed E-state index contributed by atoms with van der Waals surface area (Å²) in [5.74, 6) is 2.79. The molecule has 0 N–H and O–H groups in total. The largest absolute Gasteiger partial charge is 0.381 e. The van der Waals surface area contributed by atoms with Crippen LogP contribution in [0.1, 0.15) is 51.9 Å². The first-order valence-electron chi connectivity index (χ1n) is 10.5. The molecule has 6 heteroatoms. The van der Waals surface area contributed by atoms with Crippen molar-refractivity contribution in [2.75, 3.05) is 32.1 Å². The van der Waals surface area contributed by atoms with Gasteiger partial charge < -0.3 is 9.64 Å². The number of ether oxygens (including phenoxy) is 1. The molecule has 0 aromatic rings. The van der Waals surface area contributed by atoms with Crippen molar-refractivity contribution in [2.24, 2.45) is 29.1 Å². The SMILES string of the molecule is CCOC[C@@H]1CCS(=O)(=O)C12CN(C(=O)C13CC4CC(CC(C4)C1)C3)C2. The van der Waals surface area contributed by atoms with Crippen molar-refractivity contribution in [2.45, 2.75) is 56.6 Å². The minimum Gasteiger partial charge on any atom is -0.381 e. The molecule has 6 rings (SSSR count). The van der Waals surface area contributed by atoms with Gasteiger partial charge in [-0.2, -0.15) is 0 Å². The van der Waals surface area contributed by atoms with Crippen molar-refractivity contribution in [1.29, 1.82) is 0 Å². The maximum atomic E-state index is 13.5. The van der Waals surface area contributed by atoms with Gasteiger partial charge in [-0.1, -0.05) is 0 Å². The first-order chi connectivity index (χ1) is 12.4. The van der Waals surface area contributed by atoms with E-state index < -0.39 is 14.6 Å². The van der Waals surface area contributed by atoms with E-state index in [1.807, 2.05) is 11.8 Å². The van der Waals surface area contributed by atoms with Crippen LogP contribution >= 0.6 is 0 Å². The Morgan fingerprint density at radius 2 is 1.65 bits per heavy atom. The van der Waals surface area contributed by atoms with Crippen LogP contribution in [0.5, 0.6) is 0 Å². The Balaban J connectivity index is 1.33. The third kappa shape index (κ3) is 2.30. The highest BCUT2D eigenvalue weighted by Crippen LogP contribution is 2.61. The highest BCUT2D eigenvalue weighted by molar-refractivity contribution is 7.93. The van der Waals surface area contributed by atoms with Crippen LogP contribution in [0.2, 0.25) is 0 Å². The Bertz CT molecular complexity index is 674. The molecular formula is C20H31NO4S. The van der Waals surface area contributed by atoms with Gasteiger partial charge in [0.25, 0.3) is 0 Å².